The van der Waals surface area contributed by atoms with E-state index in [9.17, 15) is 9.90 Å². The van der Waals surface area contributed by atoms with Crippen molar-refractivity contribution in [2.45, 2.75) is 12.2 Å². The van der Waals surface area contributed by atoms with Crippen LogP contribution in [0.25, 0.3) is 0 Å². The van der Waals surface area contributed by atoms with E-state index in [1.165, 1.54) is 13.2 Å². The Morgan fingerprint density at radius 1 is 1.69 bits per heavy atom. The minimum absolute atomic E-state index is 0.0338. The first kappa shape index (κ1) is 9.76. The minimum Gasteiger partial charge on any atom is -0.507 e. The molecule has 0 saturated heterocycles. The second-order valence-corrected chi connectivity index (χ2v) is 2.71. The van der Waals surface area contributed by atoms with E-state index in [0.717, 1.165) is 6.08 Å². The predicted octanol–water partition coefficient (Wildman–Crippen LogP) is 0.178. The first-order chi connectivity index (χ1) is 5.98. The highest BCUT2D eigenvalue weighted by Crippen LogP contribution is 2.25. The van der Waals surface area contributed by atoms with Gasteiger partial charge in [0.05, 0.1) is 0 Å². The van der Waals surface area contributed by atoms with Crippen molar-refractivity contribution in [3.05, 3.63) is 23.5 Å². The molecule has 1 atom stereocenters. The van der Waals surface area contributed by atoms with E-state index < -0.39 is 11.8 Å². The van der Waals surface area contributed by atoms with Crippen LogP contribution < -0.4 is 0 Å². The number of aliphatic hydroxyl groups excluding tert-OH is 1. The third-order valence-electron chi connectivity index (χ3n) is 1.82. The van der Waals surface area contributed by atoms with Gasteiger partial charge in [0, 0.05) is 13.5 Å². The smallest absolute Gasteiger partial charge is 0.339 e. The van der Waals surface area contributed by atoms with Gasteiger partial charge in [-0.05, 0) is 12.2 Å². The Labute approximate surface area is 74.6 Å². The van der Waals surface area contributed by atoms with Crippen LogP contribution in [0.5, 0.6) is 0 Å². The number of aliphatic hydroxyl groups is 2. The highest BCUT2D eigenvalue weighted by atomic mass is 16.6. The van der Waals surface area contributed by atoms with Crippen LogP contribution in [0.3, 0.4) is 0 Å². The van der Waals surface area contributed by atoms with Gasteiger partial charge in [0.1, 0.15) is 11.3 Å². The van der Waals surface area contributed by atoms with Gasteiger partial charge < -0.3 is 20.1 Å². The maximum absolute atomic E-state index is 10.5. The van der Waals surface area contributed by atoms with Gasteiger partial charge in [0.2, 0.25) is 0 Å². The lowest BCUT2D eigenvalue weighted by Crippen LogP contribution is -2.31. The van der Waals surface area contributed by atoms with Gasteiger partial charge in [0.25, 0.3) is 0 Å². The van der Waals surface area contributed by atoms with Crippen molar-refractivity contribution < 1.29 is 24.9 Å². The summed E-state index contributed by atoms with van der Waals surface area (Å²) in [6, 6.07) is 0. The van der Waals surface area contributed by atoms with Crippen LogP contribution >= 0.6 is 0 Å². The highest BCUT2D eigenvalue weighted by molar-refractivity contribution is 5.91. The van der Waals surface area contributed by atoms with E-state index in [1.807, 2.05) is 0 Å². The molecule has 5 nitrogen and oxygen atoms in total. The lowest BCUT2D eigenvalue weighted by Gasteiger charge is -2.25. The fourth-order valence-electron chi connectivity index (χ4n) is 1.02. The molecule has 13 heavy (non-hydrogen) atoms. The molecule has 0 fully saturated rings. The Morgan fingerprint density at radius 2 is 2.31 bits per heavy atom. The summed E-state index contributed by atoms with van der Waals surface area (Å²) in [6.45, 7) is 0. The Kier molecular flexibility index (Phi) is 2.40. The molecule has 0 aromatic heterocycles. The van der Waals surface area contributed by atoms with Crippen molar-refractivity contribution in [1.29, 1.82) is 0 Å². The Bertz CT molecular complexity index is 291. The van der Waals surface area contributed by atoms with Crippen molar-refractivity contribution in [2.75, 3.05) is 7.11 Å². The molecule has 0 amide bonds. The second-order valence-electron chi connectivity index (χ2n) is 2.71. The lowest BCUT2D eigenvalue weighted by atomic mass is 10.00. The molecule has 5 heteroatoms. The Balaban J connectivity index is 3.02. The molecule has 0 spiro atoms. The summed E-state index contributed by atoms with van der Waals surface area (Å²) in [5, 5.41) is 27.2. The van der Waals surface area contributed by atoms with Gasteiger partial charge >= 0.3 is 5.97 Å². The number of aliphatic carboxylic acids is 1. The maximum atomic E-state index is 10.5. The number of rotatable bonds is 2. The monoisotopic (exact) mass is 186 g/mol. The van der Waals surface area contributed by atoms with Crippen LogP contribution in [0.15, 0.2) is 23.5 Å². The molecular formula is C8H10O5. The molecule has 0 bridgehead atoms. The molecule has 1 rings (SSSR count). The summed E-state index contributed by atoms with van der Waals surface area (Å²) in [7, 11) is 1.26. The van der Waals surface area contributed by atoms with Gasteiger partial charge in [-0.3, -0.25) is 0 Å². The summed E-state index contributed by atoms with van der Waals surface area (Å²) < 4.78 is 4.67. The largest absolute Gasteiger partial charge is 0.507 e. The molecule has 1 aliphatic carbocycles. The van der Waals surface area contributed by atoms with E-state index in [1.54, 1.807) is 0 Å². The van der Waals surface area contributed by atoms with Gasteiger partial charge in [-0.1, -0.05) is 0 Å². The Morgan fingerprint density at radius 3 is 2.77 bits per heavy atom. The van der Waals surface area contributed by atoms with Crippen molar-refractivity contribution in [3.8, 4) is 0 Å². The zero-order chi connectivity index (χ0) is 10.1. The third kappa shape index (κ3) is 1.88. The summed E-state index contributed by atoms with van der Waals surface area (Å²) >= 11 is 0. The number of methoxy groups -OCH3 is 1. The molecule has 0 aromatic carbocycles. The molecule has 72 valence electrons. The van der Waals surface area contributed by atoms with Gasteiger partial charge in [0.15, 0.2) is 5.79 Å². The SMILES string of the molecule is COC1(O)C=C(C(=O)O)C(O)=CC1. The second kappa shape index (κ2) is 3.20. The van der Waals surface area contributed by atoms with Crippen molar-refractivity contribution in [3.63, 3.8) is 0 Å². The van der Waals surface area contributed by atoms with E-state index in [0.29, 0.717) is 0 Å². The number of ether oxygens (including phenoxy) is 1. The van der Waals surface area contributed by atoms with E-state index >= 15 is 0 Å². The zero-order valence-corrected chi connectivity index (χ0v) is 7.02. The summed E-state index contributed by atoms with van der Waals surface area (Å²) in [5.74, 6) is -3.28. The first-order valence-corrected chi connectivity index (χ1v) is 3.62. The number of carboxylic acids is 1. The molecule has 0 heterocycles. The topological polar surface area (TPSA) is 87.0 Å². The summed E-state index contributed by atoms with van der Waals surface area (Å²) in [4.78, 5) is 10.5. The quantitative estimate of drug-likeness (QED) is 0.535. The van der Waals surface area contributed by atoms with Gasteiger partial charge in [-0.2, -0.15) is 0 Å². The summed E-state index contributed by atoms with van der Waals surface area (Å²) in [5.41, 5.74) is -0.351. The normalized spacial score (nSPS) is 27.8. The molecular weight excluding hydrogens is 176 g/mol. The van der Waals surface area contributed by atoms with Crippen LogP contribution in [0.2, 0.25) is 0 Å². The van der Waals surface area contributed by atoms with Crippen LogP contribution in [-0.4, -0.2) is 34.2 Å². The molecule has 0 radical (unpaired) electrons. The van der Waals surface area contributed by atoms with E-state index in [2.05, 4.69) is 4.74 Å². The van der Waals surface area contributed by atoms with Crippen LogP contribution in [0, 0.1) is 0 Å². The molecule has 1 aliphatic rings. The average molecular weight is 186 g/mol. The molecule has 0 aromatic rings. The van der Waals surface area contributed by atoms with Crippen LogP contribution in [-0.2, 0) is 9.53 Å². The fraction of sp³-hybridized carbons (Fsp3) is 0.375. The first-order valence-electron chi connectivity index (χ1n) is 3.62. The Hall–Kier alpha value is -1.33. The molecule has 0 saturated carbocycles. The minimum atomic E-state index is -1.63. The fourth-order valence-corrected chi connectivity index (χ4v) is 1.02. The van der Waals surface area contributed by atoms with Crippen molar-refractivity contribution in [2.24, 2.45) is 0 Å². The molecule has 1 unspecified atom stereocenters. The van der Waals surface area contributed by atoms with Crippen molar-refractivity contribution in [1.82, 2.24) is 0 Å². The number of hydrogen-bond donors (Lipinski definition) is 3. The molecule has 0 aliphatic heterocycles. The third-order valence-corrected chi connectivity index (χ3v) is 1.82. The number of hydrogen-bond acceptors (Lipinski definition) is 4. The number of carbonyl (C=O) groups is 1. The lowest BCUT2D eigenvalue weighted by molar-refractivity contribution is -0.148. The highest BCUT2D eigenvalue weighted by Gasteiger charge is 2.30. The van der Waals surface area contributed by atoms with Gasteiger partial charge in [-0.15, -0.1) is 0 Å². The standard InChI is InChI=1S/C8H10O5/c1-13-8(12)3-2-6(9)5(4-8)7(10)11/h2,4,9,12H,3H2,1H3,(H,10,11). The van der Waals surface area contributed by atoms with E-state index in [4.69, 9.17) is 10.2 Å². The average Bonchev–Trinajstić information content (AvgIpc) is 2.09. The van der Waals surface area contributed by atoms with Crippen LogP contribution in [0.4, 0.5) is 0 Å². The zero-order valence-electron chi connectivity index (χ0n) is 7.02. The summed E-state index contributed by atoms with van der Waals surface area (Å²) in [6.07, 6.45) is 2.21. The van der Waals surface area contributed by atoms with E-state index in [-0.39, 0.29) is 17.8 Å². The van der Waals surface area contributed by atoms with Crippen molar-refractivity contribution >= 4 is 5.97 Å². The van der Waals surface area contributed by atoms with Gasteiger partial charge in [-0.25, -0.2) is 4.79 Å². The predicted molar refractivity (Wildman–Crippen MR) is 43.0 cm³/mol. The maximum Gasteiger partial charge on any atom is 0.339 e. The molecule has 3 N–H and O–H groups in total. The van der Waals surface area contributed by atoms with Crippen LogP contribution in [0.1, 0.15) is 6.42 Å². The number of carboxylic acid groups (broad SMARTS) is 1.